The van der Waals surface area contributed by atoms with Gasteiger partial charge in [-0.1, -0.05) is 31.0 Å². The summed E-state index contributed by atoms with van der Waals surface area (Å²) in [4.78, 5) is 16.3. The molecule has 132 valence electrons. The molecule has 3 rings (SSSR count). The van der Waals surface area contributed by atoms with Crippen LogP contribution in [0.2, 0.25) is 0 Å². The lowest BCUT2D eigenvalue weighted by Crippen LogP contribution is -2.55. The second kappa shape index (κ2) is 7.19. The van der Waals surface area contributed by atoms with E-state index in [2.05, 4.69) is 0 Å². The van der Waals surface area contributed by atoms with Crippen molar-refractivity contribution in [2.45, 2.75) is 44.2 Å². The average molecular weight is 334 g/mol. The van der Waals surface area contributed by atoms with Crippen molar-refractivity contribution in [3.05, 3.63) is 35.6 Å². The number of hydrogen-bond donors (Lipinski definition) is 1. The molecule has 0 spiro atoms. The first kappa shape index (κ1) is 17.4. The number of halogens is 1. The molecule has 0 radical (unpaired) electrons. The molecule has 0 aromatic heterocycles. The van der Waals surface area contributed by atoms with Gasteiger partial charge in [0.2, 0.25) is 5.91 Å². The number of likely N-dealkylation sites (tertiary alicyclic amines) is 1. The van der Waals surface area contributed by atoms with E-state index < -0.39 is 5.60 Å². The maximum Gasteiger partial charge on any atom is 0.236 e. The number of benzene rings is 1. The molecule has 1 heterocycles. The van der Waals surface area contributed by atoms with Crippen LogP contribution in [0.5, 0.6) is 0 Å². The van der Waals surface area contributed by atoms with Crippen LogP contribution in [0, 0.1) is 11.7 Å². The SMILES string of the molecule is CN(CC(=O)N1CC[C@@]2(O)CCCC[C@H]2C1)Cc1ccccc1F. The maximum atomic E-state index is 13.7. The molecule has 1 aliphatic carbocycles. The van der Waals surface area contributed by atoms with Crippen molar-refractivity contribution in [1.29, 1.82) is 0 Å². The lowest BCUT2D eigenvalue weighted by molar-refractivity contribution is -0.144. The summed E-state index contributed by atoms with van der Waals surface area (Å²) in [6.07, 6.45) is 4.78. The minimum Gasteiger partial charge on any atom is -0.389 e. The second-order valence-corrected chi connectivity index (χ2v) is 7.40. The van der Waals surface area contributed by atoms with Gasteiger partial charge in [-0.2, -0.15) is 0 Å². The Labute approximate surface area is 143 Å². The molecule has 1 aromatic rings. The largest absolute Gasteiger partial charge is 0.389 e. The predicted molar refractivity (Wildman–Crippen MR) is 90.8 cm³/mol. The average Bonchev–Trinajstić information content (AvgIpc) is 2.56. The van der Waals surface area contributed by atoms with E-state index in [-0.39, 0.29) is 24.2 Å². The maximum absolute atomic E-state index is 13.7. The molecule has 0 unspecified atom stereocenters. The molecule has 24 heavy (non-hydrogen) atoms. The minimum absolute atomic E-state index is 0.0708. The summed E-state index contributed by atoms with van der Waals surface area (Å²) in [5.41, 5.74) is 0.0433. The number of hydrogen-bond acceptors (Lipinski definition) is 3. The van der Waals surface area contributed by atoms with Gasteiger partial charge in [-0.25, -0.2) is 4.39 Å². The Balaban J connectivity index is 1.54. The van der Waals surface area contributed by atoms with Crippen molar-refractivity contribution in [3.63, 3.8) is 0 Å². The zero-order valence-corrected chi connectivity index (χ0v) is 14.4. The number of likely N-dealkylation sites (N-methyl/N-ethyl adjacent to an activating group) is 1. The molecule has 5 heteroatoms. The number of piperidine rings is 1. The van der Waals surface area contributed by atoms with Crippen LogP contribution in [0.25, 0.3) is 0 Å². The van der Waals surface area contributed by atoms with Gasteiger partial charge in [0.1, 0.15) is 5.82 Å². The van der Waals surface area contributed by atoms with Gasteiger partial charge in [0, 0.05) is 31.1 Å². The molecule has 0 bridgehead atoms. The number of carbonyl (C=O) groups is 1. The summed E-state index contributed by atoms with van der Waals surface area (Å²) in [6, 6.07) is 6.67. The Morgan fingerprint density at radius 2 is 2.17 bits per heavy atom. The van der Waals surface area contributed by atoms with Crippen LogP contribution in [0.1, 0.15) is 37.7 Å². The first-order valence-corrected chi connectivity index (χ1v) is 8.90. The summed E-state index contributed by atoms with van der Waals surface area (Å²) in [5, 5.41) is 10.7. The van der Waals surface area contributed by atoms with E-state index in [9.17, 15) is 14.3 Å². The molecular weight excluding hydrogens is 307 g/mol. The van der Waals surface area contributed by atoms with Crippen LogP contribution >= 0.6 is 0 Å². The zero-order valence-electron chi connectivity index (χ0n) is 14.4. The van der Waals surface area contributed by atoms with E-state index in [1.165, 1.54) is 6.07 Å². The van der Waals surface area contributed by atoms with Gasteiger partial charge in [0.15, 0.2) is 0 Å². The summed E-state index contributed by atoms with van der Waals surface area (Å²) in [7, 11) is 1.84. The number of rotatable bonds is 4. The highest BCUT2D eigenvalue weighted by atomic mass is 19.1. The van der Waals surface area contributed by atoms with Crippen molar-refractivity contribution in [2.24, 2.45) is 5.92 Å². The van der Waals surface area contributed by atoms with E-state index in [0.717, 1.165) is 25.7 Å². The Morgan fingerprint density at radius 1 is 1.38 bits per heavy atom. The van der Waals surface area contributed by atoms with Gasteiger partial charge < -0.3 is 10.0 Å². The van der Waals surface area contributed by atoms with Crippen molar-refractivity contribution >= 4 is 5.91 Å². The molecule has 2 aliphatic rings. The molecule has 1 amide bonds. The summed E-state index contributed by atoms with van der Waals surface area (Å²) in [6.45, 7) is 1.97. The van der Waals surface area contributed by atoms with Crippen molar-refractivity contribution in [2.75, 3.05) is 26.7 Å². The summed E-state index contributed by atoms with van der Waals surface area (Å²) >= 11 is 0. The van der Waals surface area contributed by atoms with Gasteiger partial charge in [0.25, 0.3) is 0 Å². The van der Waals surface area contributed by atoms with Gasteiger partial charge in [0.05, 0.1) is 12.1 Å². The lowest BCUT2D eigenvalue weighted by Gasteiger charge is -2.47. The fraction of sp³-hybridized carbons (Fsp3) is 0.632. The number of amides is 1. The van der Waals surface area contributed by atoms with E-state index in [0.29, 0.717) is 31.6 Å². The second-order valence-electron chi connectivity index (χ2n) is 7.40. The predicted octanol–water partition coefficient (Wildman–Crippen LogP) is 2.41. The Bertz CT molecular complexity index is 594. The number of fused-ring (bicyclic) bond motifs is 1. The fourth-order valence-corrected chi connectivity index (χ4v) is 4.10. The monoisotopic (exact) mass is 334 g/mol. The first-order valence-electron chi connectivity index (χ1n) is 8.90. The van der Waals surface area contributed by atoms with E-state index in [4.69, 9.17) is 0 Å². The van der Waals surface area contributed by atoms with Gasteiger partial charge in [-0.15, -0.1) is 0 Å². The normalized spacial score (nSPS) is 27.2. The topological polar surface area (TPSA) is 43.8 Å². The van der Waals surface area contributed by atoms with Crippen molar-refractivity contribution < 1.29 is 14.3 Å². The van der Waals surface area contributed by atoms with Gasteiger partial charge >= 0.3 is 0 Å². The third-order valence-corrected chi connectivity index (χ3v) is 5.58. The standard InChI is InChI=1S/C19H27FN2O2/c1-21(12-15-6-2-3-8-17(15)20)14-18(23)22-11-10-19(24)9-5-4-7-16(19)13-22/h2-3,6,8,16,24H,4-5,7,9-14H2,1H3/t16-,19-/m0/s1. The molecule has 2 atom stereocenters. The highest BCUT2D eigenvalue weighted by Crippen LogP contribution is 2.39. The molecular formula is C19H27FN2O2. The number of nitrogens with zero attached hydrogens (tertiary/aromatic N) is 2. The molecule has 4 nitrogen and oxygen atoms in total. The highest BCUT2D eigenvalue weighted by molar-refractivity contribution is 5.78. The third kappa shape index (κ3) is 3.78. The highest BCUT2D eigenvalue weighted by Gasteiger charge is 2.43. The van der Waals surface area contributed by atoms with Gasteiger partial charge in [-0.3, -0.25) is 9.69 Å². The quantitative estimate of drug-likeness (QED) is 0.920. The van der Waals surface area contributed by atoms with E-state index in [1.54, 1.807) is 12.1 Å². The summed E-state index contributed by atoms with van der Waals surface area (Å²) in [5.74, 6) is 0.0457. The minimum atomic E-state index is -0.561. The molecule has 1 N–H and O–H groups in total. The van der Waals surface area contributed by atoms with Crippen LogP contribution in [0.15, 0.2) is 24.3 Å². The summed E-state index contributed by atoms with van der Waals surface area (Å²) < 4.78 is 13.7. The smallest absolute Gasteiger partial charge is 0.236 e. The van der Waals surface area contributed by atoms with E-state index >= 15 is 0 Å². The van der Waals surface area contributed by atoms with Crippen LogP contribution in [-0.4, -0.2) is 53.1 Å². The molecule has 1 saturated carbocycles. The molecule has 1 aromatic carbocycles. The third-order valence-electron chi connectivity index (χ3n) is 5.58. The lowest BCUT2D eigenvalue weighted by atomic mass is 9.71. The fourth-order valence-electron chi connectivity index (χ4n) is 4.10. The molecule has 1 aliphatic heterocycles. The molecule has 2 fully saturated rings. The van der Waals surface area contributed by atoms with Crippen LogP contribution in [0.4, 0.5) is 4.39 Å². The van der Waals surface area contributed by atoms with Crippen molar-refractivity contribution in [3.8, 4) is 0 Å². The molecule has 1 saturated heterocycles. The first-order chi connectivity index (χ1) is 11.5. The Morgan fingerprint density at radius 3 is 2.96 bits per heavy atom. The van der Waals surface area contributed by atoms with Crippen LogP contribution in [0.3, 0.4) is 0 Å². The van der Waals surface area contributed by atoms with Gasteiger partial charge in [-0.05, 0) is 32.4 Å². The van der Waals surface area contributed by atoms with Crippen LogP contribution < -0.4 is 0 Å². The number of carbonyl (C=O) groups excluding carboxylic acids is 1. The number of aliphatic hydroxyl groups is 1. The Hall–Kier alpha value is -1.46. The van der Waals surface area contributed by atoms with Crippen LogP contribution in [-0.2, 0) is 11.3 Å². The van der Waals surface area contributed by atoms with E-state index in [1.807, 2.05) is 22.9 Å². The Kier molecular flexibility index (Phi) is 5.21. The van der Waals surface area contributed by atoms with Crippen molar-refractivity contribution in [1.82, 2.24) is 9.80 Å². The zero-order chi connectivity index (χ0) is 17.2.